The summed E-state index contributed by atoms with van der Waals surface area (Å²) in [6, 6.07) is 14.0. The molecule has 1 aromatic carbocycles. The van der Waals surface area contributed by atoms with Crippen molar-refractivity contribution in [3.8, 4) is 5.75 Å². The second-order valence-electron chi connectivity index (χ2n) is 5.64. The number of ether oxygens (including phenoxy) is 1. The number of nitrogens with zero attached hydrogens (tertiary/aromatic N) is 2. The van der Waals surface area contributed by atoms with Gasteiger partial charge in [-0.3, -0.25) is 9.59 Å². The minimum absolute atomic E-state index is 0.0498. The predicted molar refractivity (Wildman–Crippen MR) is 94.1 cm³/mol. The summed E-state index contributed by atoms with van der Waals surface area (Å²) in [5.74, 6) is 0.696. The van der Waals surface area contributed by atoms with Crippen molar-refractivity contribution in [2.75, 3.05) is 6.61 Å². The van der Waals surface area contributed by atoms with Gasteiger partial charge in [-0.2, -0.15) is 5.10 Å². The molecule has 0 atom stereocenters. The quantitative estimate of drug-likeness (QED) is 0.700. The molecule has 3 aromatic rings. The molecule has 128 valence electrons. The third kappa shape index (κ3) is 3.68. The van der Waals surface area contributed by atoms with E-state index in [2.05, 4.69) is 10.2 Å². The van der Waals surface area contributed by atoms with Crippen molar-refractivity contribution < 1.29 is 9.53 Å². The molecule has 0 aliphatic heterocycles. The van der Waals surface area contributed by atoms with Crippen molar-refractivity contribution in [1.82, 2.24) is 14.8 Å². The standard InChI is InChI=1S/C19H19N3O3/c1-3-25-16-8-4-13(5-9-16)19(24)17-10-7-15(22(17)2)12-14-6-11-18(23)21-20-14/h4-11H,3,12H2,1-2H3,(H,21,23). The second kappa shape index (κ2) is 7.17. The van der Waals surface area contributed by atoms with E-state index < -0.39 is 0 Å². The number of rotatable bonds is 6. The number of hydrogen-bond donors (Lipinski definition) is 1. The number of carbonyl (C=O) groups is 1. The van der Waals surface area contributed by atoms with Gasteiger partial charge in [-0.15, -0.1) is 0 Å². The number of aromatic amines is 1. The van der Waals surface area contributed by atoms with Crippen LogP contribution >= 0.6 is 0 Å². The molecule has 0 amide bonds. The summed E-state index contributed by atoms with van der Waals surface area (Å²) in [6.07, 6.45) is 0.532. The maximum Gasteiger partial charge on any atom is 0.264 e. The number of hydrogen-bond acceptors (Lipinski definition) is 4. The molecule has 0 aliphatic rings. The summed E-state index contributed by atoms with van der Waals surface area (Å²) >= 11 is 0. The second-order valence-corrected chi connectivity index (χ2v) is 5.64. The third-order valence-electron chi connectivity index (χ3n) is 3.98. The van der Waals surface area contributed by atoms with Crippen LogP contribution in [0.25, 0.3) is 0 Å². The first-order valence-corrected chi connectivity index (χ1v) is 8.05. The fraction of sp³-hybridized carbons (Fsp3) is 0.211. The zero-order valence-corrected chi connectivity index (χ0v) is 14.2. The highest BCUT2D eigenvalue weighted by atomic mass is 16.5. The molecule has 0 saturated heterocycles. The maximum absolute atomic E-state index is 12.7. The summed E-state index contributed by atoms with van der Waals surface area (Å²) in [4.78, 5) is 23.8. The molecule has 0 saturated carbocycles. The number of aromatic nitrogens is 3. The van der Waals surface area contributed by atoms with Gasteiger partial charge in [-0.1, -0.05) is 0 Å². The molecular formula is C19H19N3O3. The smallest absolute Gasteiger partial charge is 0.264 e. The van der Waals surface area contributed by atoms with E-state index in [1.165, 1.54) is 6.07 Å². The van der Waals surface area contributed by atoms with Crippen LogP contribution in [0.2, 0.25) is 0 Å². The van der Waals surface area contributed by atoms with E-state index in [1.54, 1.807) is 36.4 Å². The van der Waals surface area contributed by atoms with Crippen molar-refractivity contribution in [1.29, 1.82) is 0 Å². The lowest BCUT2D eigenvalue weighted by atomic mass is 10.1. The monoisotopic (exact) mass is 337 g/mol. The van der Waals surface area contributed by atoms with Gasteiger partial charge < -0.3 is 9.30 Å². The maximum atomic E-state index is 12.7. The van der Waals surface area contributed by atoms with Crippen molar-refractivity contribution in [2.45, 2.75) is 13.3 Å². The van der Waals surface area contributed by atoms with Gasteiger partial charge in [0.2, 0.25) is 5.78 Å². The molecule has 2 aromatic heterocycles. The van der Waals surface area contributed by atoms with E-state index >= 15 is 0 Å². The predicted octanol–water partition coefficient (Wildman–Crippen LogP) is 2.33. The van der Waals surface area contributed by atoms with Crippen LogP contribution < -0.4 is 10.3 Å². The van der Waals surface area contributed by atoms with Crippen LogP contribution in [0.4, 0.5) is 0 Å². The van der Waals surface area contributed by atoms with Crippen LogP contribution in [-0.4, -0.2) is 27.2 Å². The first-order chi connectivity index (χ1) is 12.1. The van der Waals surface area contributed by atoms with Gasteiger partial charge in [-0.25, -0.2) is 5.10 Å². The summed E-state index contributed by atoms with van der Waals surface area (Å²) in [5.41, 5.74) is 2.65. The van der Waals surface area contributed by atoms with Crippen molar-refractivity contribution in [3.05, 3.63) is 81.5 Å². The molecule has 0 fully saturated rings. The normalized spacial score (nSPS) is 10.6. The minimum Gasteiger partial charge on any atom is -0.494 e. The van der Waals surface area contributed by atoms with Crippen LogP contribution in [-0.2, 0) is 13.5 Å². The van der Waals surface area contributed by atoms with E-state index in [0.717, 1.165) is 17.1 Å². The summed E-state index contributed by atoms with van der Waals surface area (Å²) in [7, 11) is 1.85. The zero-order chi connectivity index (χ0) is 17.8. The molecule has 6 nitrogen and oxygen atoms in total. The largest absolute Gasteiger partial charge is 0.494 e. The lowest BCUT2D eigenvalue weighted by Crippen LogP contribution is -2.11. The molecule has 6 heteroatoms. The Morgan fingerprint density at radius 2 is 1.88 bits per heavy atom. The average molecular weight is 337 g/mol. The number of ketones is 1. The fourth-order valence-corrected chi connectivity index (χ4v) is 2.63. The number of H-pyrrole nitrogens is 1. The van der Waals surface area contributed by atoms with Gasteiger partial charge in [-0.05, 0) is 49.4 Å². The number of carbonyl (C=O) groups excluding carboxylic acids is 1. The van der Waals surface area contributed by atoms with Gasteiger partial charge in [0.25, 0.3) is 5.56 Å². The lowest BCUT2D eigenvalue weighted by Gasteiger charge is -2.08. The Kier molecular flexibility index (Phi) is 4.79. The average Bonchev–Trinajstić information content (AvgIpc) is 2.98. The highest BCUT2D eigenvalue weighted by Crippen LogP contribution is 2.18. The van der Waals surface area contributed by atoms with Crippen molar-refractivity contribution in [2.24, 2.45) is 7.05 Å². The van der Waals surface area contributed by atoms with Crippen LogP contribution in [0, 0.1) is 0 Å². The Balaban J connectivity index is 1.81. The van der Waals surface area contributed by atoms with Crippen molar-refractivity contribution >= 4 is 5.78 Å². The van der Waals surface area contributed by atoms with Gasteiger partial charge >= 0.3 is 0 Å². The fourth-order valence-electron chi connectivity index (χ4n) is 2.63. The van der Waals surface area contributed by atoms with Gasteiger partial charge in [0, 0.05) is 30.8 Å². The first kappa shape index (κ1) is 16.7. The third-order valence-corrected chi connectivity index (χ3v) is 3.98. The first-order valence-electron chi connectivity index (χ1n) is 8.05. The SMILES string of the molecule is CCOc1ccc(C(=O)c2ccc(Cc3ccc(=O)[nH]n3)n2C)cc1. The Morgan fingerprint density at radius 3 is 2.52 bits per heavy atom. The Morgan fingerprint density at radius 1 is 1.12 bits per heavy atom. The molecule has 0 bridgehead atoms. The Bertz CT molecular complexity index is 919. The van der Waals surface area contributed by atoms with E-state index in [4.69, 9.17) is 4.74 Å². The lowest BCUT2D eigenvalue weighted by molar-refractivity contribution is 0.103. The molecule has 2 heterocycles. The summed E-state index contributed by atoms with van der Waals surface area (Å²) in [5, 5.41) is 6.42. The van der Waals surface area contributed by atoms with E-state index in [0.29, 0.717) is 24.3 Å². The molecular weight excluding hydrogens is 318 g/mol. The molecule has 0 unspecified atom stereocenters. The minimum atomic E-state index is -0.234. The van der Waals surface area contributed by atoms with E-state index in [1.807, 2.05) is 24.6 Å². The number of benzene rings is 1. The molecule has 25 heavy (non-hydrogen) atoms. The summed E-state index contributed by atoms with van der Waals surface area (Å²) in [6.45, 7) is 2.51. The molecule has 3 rings (SSSR count). The molecule has 1 N–H and O–H groups in total. The van der Waals surface area contributed by atoms with Crippen LogP contribution in [0.15, 0.2) is 53.3 Å². The van der Waals surface area contributed by atoms with E-state index in [9.17, 15) is 9.59 Å². The molecule has 0 radical (unpaired) electrons. The van der Waals surface area contributed by atoms with Crippen LogP contribution in [0.3, 0.4) is 0 Å². The highest BCUT2D eigenvalue weighted by Gasteiger charge is 2.15. The van der Waals surface area contributed by atoms with Crippen molar-refractivity contribution in [3.63, 3.8) is 0 Å². The topological polar surface area (TPSA) is 77.0 Å². The summed E-state index contributed by atoms with van der Waals surface area (Å²) < 4.78 is 7.25. The molecule has 0 spiro atoms. The van der Waals surface area contributed by atoms with Crippen LogP contribution in [0.1, 0.15) is 34.4 Å². The zero-order valence-electron chi connectivity index (χ0n) is 14.2. The number of nitrogens with one attached hydrogen (secondary N) is 1. The Labute approximate surface area is 145 Å². The molecule has 0 aliphatic carbocycles. The van der Waals surface area contributed by atoms with Gasteiger partial charge in [0.15, 0.2) is 0 Å². The van der Waals surface area contributed by atoms with Gasteiger partial charge in [0.05, 0.1) is 18.0 Å². The highest BCUT2D eigenvalue weighted by molar-refractivity contribution is 6.08. The van der Waals surface area contributed by atoms with Gasteiger partial charge in [0.1, 0.15) is 5.75 Å². The van der Waals surface area contributed by atoms with Crippen LogP contribution in [0.5, 0.6) is 5.75 Å². The van der Waals surface area contributed by atoms with E-state index in [-0.39, 0.29) is 11.3 Å². The Hall–Kier alpha value is -3.15.